The van der Waals surface area contributed by atoms with Gasteiger partial charge in [0, 0.05) is 17.1 Å². The van der Waals surface area contributed by atoms with E-state index in [2.05, 4.69) is 10.0 Å². The molecule has 2 aromatic rings. The molecule has 23 heavy (non-hydrogen) atoms. The maximum Gasteiger partial charge on any atom is 0.240 e. The molecular weight excluding hydrogens is 336 g/mol. The molecule has 0 saturated heterocycles. The number of hydrogen-bond donors (Lipinski definition) is 2. The minimum Gasteiger partial charge on any atom is -0.326 e. The maximum absolute atomic E-state index is 11.9. The Balaban J connectivity index is 1.92. The van der Waals surface area contributed by atoms with Gasteiger partial charge in [0.1, 0.15) is 0 Å². The Morgan fingerprint density at radius 1 is 1.13 bits per heavy atom. The van der Waals surface area contributed by atoms with Crippen molar-refractivity contribution < 1.29 is 13.2 Å². The first-order valence-corrected chi connectivity index (χ1v) is 8.85. The number of anilines is 1. The van der Waals surface area contributed by atoms with Crippen molar-refractivity contribution in [3.05, 3.63) is 59.1 Å². The summed E-state index contributed by atoms with van der Waals surface area (Å²) < 4.78 is 25.5. The van der Waals surface area contributed by atoms with Gasteiger partial charge in [-0.15, -0.1) is 0 Å². The summed E-state index contributed by atoms with van der Waals surface area (Å²) in [7, 11) is -2.07. The molecule has 0 radical (unpaired) electrons. The summed E-state index contributed by atoms with van der Waals surface area (Å²) in [6.07, 6.45) is 0.816. The van der Waals surface area contributed by atoms with E-state index in [-0.39, 0.29) is 10.8 Å². The van der Waals surface area contributed by atoms with Crippen molar-refractivity contribution in [3.8, 4) is 0 Å². The number of carbonyl (C=O) groups excluding carboxylic acids is 1. The van der Waals surface area contributed by atoms with E-state index in [0.29, 0.717) is 23.6 Å². The number of carbonyl (C=O) groups is 1. The smallest absolute Gasteiger partial charge is 0.240 e. The Hall–Kier alpha value is -1.89. The summed E-state index contributed by atoms with van der Waals surface area (Å²) in [5.74, 6) is -0.126. The molecule has 7 heteroatoms. The quantitative estimate of drug-likeness (QED) is 0.839. The van der Waals surface area contributed by atoms with Gasteiger partial charge in [0.2, 0.25) is 15.9 Å². The minimum absolute atomic E-state index is 0.126. The van der Waals surface area contributed by atoms with Crippen molar-refractivity contribution in [2.24, 2.45) is 0 Å². The molecule has 2 rings (SSSR count). The van der Waals surface area contributed by atoms with Gasteiger partial charge in [-0.2, -0.15) is 0 Å². The molecule has 0 unspecified atom stereocenters. The second-order valence-electron chi connectivity index (χ2n) is 4.91. The molecule has 5 nitrogen and oxygen atoms in total. The molecule has 0 aliphatic carbocycles. The standard InChI is InChI=1S/C16H17ClN2O3S/c1-18-23(21,22)15-8-5-12(6-9-15)7-10-16(20)19-14-4-2-3-13(17)11-14/h2-6,8-9,11,18H,7,10H2,1H3,(H,19,20). The third-order valence-electron chi connectivity index (χ3n) is 3.25. The van der Waals surface area contributed by atoms with Crippen LogP contribution < -0.4 is 10.0 Å². The molecule has 0 bridgehead atoms. The number of amides is 1. The zero-order chi connectivity index (χ0) is 16.9. The van der Waals surface area contributed by atoms with Gasteiger partial charge in [-0.05, 0) is 49.4 Å². The molecule has 0 aromatic heterocycles. The highest BCUT2D eigenvalue weighted by Crippen LogP contribution is 2.16. The summed E-state index contributed by atoms with van der Waals surface area (Å²) in [5, 5.41) is 3.33. The molecule has 2 N–H and O–H groups in total. The SMILES string of the molecule is CNS(=O)(=O)c1ccc(CCC(=O)Nc2cccc(Cl)c2)cc1. The van der Waals surface area contributed by atoms with E-state index in [1.54, 1.807) is 36.4 Å². The lowest BCUT2D eigenvalue weighted by Crippen LogP contribution is -2.18. The first kappa shape index (κ1) is 17.5. The van der Waals surface area contributed by atoms with E-state index < -0.39 is 10.0 Å². The molecule has 0 aliphatic rings. The number of nitrogens with one attached hydrogen (secondary N) is 2. The van der Waals surface area contributed by atoms with E-state index >= 15 is 0 Å². The van der Waals surface area contributed by atoms with Crippen LogP contribution >= 0.6 is 11.6 Å². The predicted molar refractivity (Wildman–Crippen MR) is 91.1 cm³/mol. The van der Waals surface area contributed by atoms with Crippen LogP contribution in [-0.2, 0) is 21.2 Å². The molecule has 0 saturated carbocycles. The van der Waals surface area contributed by atoms with Crippen molar-refractivity contribution in [2.45, 2.75) is 17.7 Å². The molecular formula is C16H17ClN2O3S. The molecule has 2 aromatic carbocycles. The van der Waals surface area contributed by atoms with Crippen LogP contribution in [0.25, 0.3) is 0 Å². The average molecular weight is 353 g/mol. The van der Waals surface area contributed by atoms with Gasteiger partial charge >= 0.3 is 0 Å². The monoisotopic (exact) mass is 352 g/mol. The first-order valence-electron chi connectivity index (χ1n) is 6.98. The van der Waals surface area contributed by atoms with Crippen LogP contribution in [0.4, 0.5) is 5.69 Å². The van der Waals surface area contributed by atoms with Crippen LogP contribution in [0.15, 0.2) is 53.4 Å². The number of sulfonamides is 1. The van der Waals surface area contributed by atoms with Gasteiger partial charge in [0.15, 0.2) is 0 Å². The molecule has 0 atom stereocenters. The number of aryl methyl sites for hydroxylation is 1. The maximum atomic E-state index is 11.9. The Bertz CT molecular complexity index is 789. The van der Waals surface area contributed by atoms with Crippen molar-refractivity contribution >= 4 is 33.2 Å². The summed E-state index contributed by atoms with van der Waals surface area (Å²) in [4.78, 5) is 12.1. The van der Waals surface area contributed by atoms with Gasteiger partial charge in [0.05, 0.1) is 4.90 Å². The number of hydrogen-bond acceptors (Lipinski definition) is 3. The zero-order valence-corrected chi connectivity index (χ0v) is 14.1. The largest absolute Gasteiger partial charge is 0.326 e. The fraction of sp³-hybridized carbons (Fsp3) is 0.188. The third-order valence-corrected chi connectivity index (χ3v) is 4.92. The van der Waals surface area contributed by atoms with E-state index in [0.717, 1.165) is 5.56 Å². The highest BCUT2D eigenvalue weighted by atomic mass is 35.5. The minimum atomic E-state index is -3.43. The molecule has 122 valence electrons. The molecule has 0 fully saturated rings. The third kappa shape index (κ3) is 5.06. The van der Waals surface area contributed by atoms with Crippen molar-refractivity contribution in [1.29, 1.82) is 0 Å². The normalized spacial score (nSPS) is 11.2. The van der Waals surface area contributed by atoms with Crippen LogP contribution in [0.5, 0.6) is 0 Å². The number of benzene rings is 2. The highest BCUT2D eigenvalue weighted by molar-refractivity contribution is 7.89. The Morgan fingerprint density at radius 2 is 1.83 bits per heavy atom. The lowest BCUT2D eigenvalue weighted by molar-refractivity contribution is -0.116. The Labute approximate surface area is 140 Å². The second-order valence-corrected chi connectivity index (χ2v) is 7.23. The topological polar surface area (TPSA) is 75.3 Å². The average Bonchev–Trinajstić information content (AvgIpc) is 2.53. The summed E-state index contributed by atoms with van der Waals surface area (Å²) in [6, 6.07) is 13.4. The van der Waals surface area contributed by atoms with E-state index in [4.69, 9.17) is 11.6 Å². The van der Waals surface area contributed by atoms with Crippen molar-refractivity contribution in [3.63, 3.8) is 0 Å². The Morgan fingerprint density at radius 3 is 2.43 bits per heavy atom. The highest BCUT2D eigenvalue weighted by Gasteiger charge is 2.10. The lowest BCUT2D eigenvalue weighted by Gasteiger charge is -2.07. The van der Waals surface area contributed by atoms with Gasteiger partial charge < -0.3 is 5.32 Å². The molecule has 0 heterocycles. The van der Waals surface area contributed by atoms with Gasteiger partial charge in [-0.25, -0.2) is 13.1 Å². The van der Waals surface area contributed by atoms with Crippen molar-refractivity contribution in [2.75, 3.05) is 12.4 Å². The zero-order valence-electron chi connectivity index (χ0n) is 12.5. The summed E-state index contributed by atoms with van der Waals surface area (Å²) in [6.45, 7) is 0. The van der Waals surface area contributed by atoms with Crippen molar-refractivity contribution in [1.82, 2.24) is 4.72 Å². The number of halogens is 1. The second kappa shape index (κ2) is 7.59. The fourth-order valence-corrected chi connectivity index (χ4v) is 2.92. The summed E-state index contributed by atoms with van der Waals surface area (Å²) in [5.41, 5.74) is 1.54. The van der Waals surface area contributed by atoms with Gasteiger partial charge in [0.25, 0.3) is 0 Å². The fourth-order valence-electron chi connectivity index (χ4n) is 2.00. The predicted octanol–water partition coefficient (Wildman–Crippen LogP) is 2.82. The van der Waals surface area contributed by atoms with E-state index in [1.807, 2.05) is 0 Å². The van der Waals surface area contributed by atoms with Gasteiger partial charge in [-0.1, -0.05) is 29.8 Å². The molecule has 0 spiro atoms. The number of rotatable bonds is 6. The van der Waals surface area contributed by atoms with E-state index in [1.165, 1.54) is 19.2 Å². The lowest BCUT2D eigenvalue weighted by atomic mass is 10.1. The summed E-state index contributed by atoms with van der Waals surface area (Å²) >= 11 is 5.86. The van der Waals surface area contributed by atoms with Crippen LogP contribution in [0.2, 0.25) is 5.02 Å². The molecule has 1 amide bonds. The first-order chi connectivity index (χ1) is 10.9. The van der Waals surface area contributed by atoms with Crippen LogP contribution in [0.3, 0.4) is 0 Å². The molecule has 0 aliphatic heterocycles. The van der Waals surface area contributed by atoms with Gasteiger partial charge in [-0.3, -0.25) is 4.79 Å². The van der Waals surface area contributed by atoms with Crippen LogP contribution in [-0.4, -0.2) is 21.4 Å². The van der Waals surface area contributed by atoms with Crippen LogP contribution in [0.1, 0.15) is 12.0 Å². The van der Waals surface area contributed by atoms with Crippen LogP contribution in [0, 0.1) is 0 Å². The van der Waals surface area contributed by atoms with E-state index in [9.17, 15) is 13.2 Å². The Kier molecular flexibility index (Phi) is 5.76.